The van der Waals surface area contributed by atoms with Gasteiger partial charge >= 0.3 is 0 Å². The standard InChI is InChI=1S/C20H23N7O.CH2O2/c1-12-11-22-24-17(13(12)2)14-3-5-16(6-4-14)19(28)27-9-7-15(8-10-27)18-23-20(21)26-25-18;2-1-3/h3-6,11,15H,7-10H2,1-2H3,(H3,21,23,25,26);1H,(H,2,3). The molecule has 1 amide bonds. The van der Waals surface area contributed by atoms with Crippen molar-refractivity contribution in [3.63, 3.8) is 0 Å². The minimum atomic E-state index is -0.250. The molecule has 0 saturated carbocycles. The predicted molar refractivity (Wildman–Crippen MR) is 114 cm³/mol. The van der Waals surface area contributed by atoms with Gasteiger partial charge in [-0.1, -0.05) is 12.1 Å². The van der Waals surface area contributed by atoms with Crippen molar-refractivity contribution in [3.8, 4) is 11.3 Å². The fourth-order valence-electron chi connectivity index (χ4n) is 3.59. The van der Waals surface area contributed by atoms with Crippen molar-refractivity contribution in [1.29, 1.82) is 0 Å². The van der Waals surface area contributed by atoms with Gasteiger partial charge in [-0.15, -0.1) is 5.10 Å². The van der Waals surface area contributed by atoms with Crippen LogP contribution in [0.5, 0.6) is 0 Å². The van der Waals surface area contributed by atoms with Crippen molar-refractivity contribution in [3.05, 3.63) is 53.0 Å². The van der Waals surface area contributed by atoms with E-state index in [1.54, 1.807) is 6.20 Å². The Morgan fingerprint density at radius 2 is 1.87 bits per heavy atom. The van der Waals surface area contributed by atoms with Crippen molar-refractivity contribution >= 4 is 18.3 Å². The number of piperidine rings is 1. The molecule has 0 spiro atoms. The number of hydrogen-bond acceptors (Lipinski definition) is 7. The molecule has 4 N–H and O–H groups in total. The lowest BCUT2D eigenvalue weighted by molar-refractivity contribution is -0.122. The molecule has 0 atom stereocenters. The van der Waals surface area contributed by atoms with E-state index in [0.717, 1.165) is 41.1 Å². The lowest BCUT2D eigenvalue weighted by atomic mass is 9.95. The largest absolute Gasteiger partial charge is 0.483 e. The number of aryl methyl sites for hydroxylation is 1. The van der Waals surface area contributed by atoms with E-state index >= 15 is 0 Å². The van der Waals surface area contributed by atoms with E-state index in [0.29, 0.717) is 18.7 Å². The number of H-pyrrole nitrogens is 1. The molecule has 2 aromatic heterocycles. The Kier molecular flexibility index (Phi) is 6.91. The van der Waals surface area contributed by atoms with Crippen LogP contribution in [0.2, 0.25) is 0 Å². The van der Waals surface area contributed by atoms with E-state index in [9.17, 15) is 4.79 Å². The maximum absolute atomic E-state index is 12.9. The highest BCUT2D eigenvalue weighted by Crippen LogP contribution is 2.27. The number of carbonyl (C=O) groups is 2. The van der Waals surface area contributed by atoms with Gasteiger partial charge in [0.25, 0.3) is 12.4 Å². The van der Waals surface area contributed by atoms with Crippen LogP contribution in [0.1, 0.15) is 46.1 Å². The number of nitrogens with zero attached hydrogens (tertiary/aromatic N) is 5. The number of nitrogens with two attached hydrogens (primary N) is 1. The summed E-state index contributed by atoms with van der Waals surface area (Å²) in [5.41, 5.74) is 10.3. The Bertz CT molecular complexity index is 1040. The monoisotopic (exact) mass is 423 g/mol. The van der Waals surface area contributed by atoms with E-state index in [1.807, 2.05) is 43.0 Å². The number of rotatable bonds is 3. The molecule has 1 aliphatic rings. The summed E-state index contributed by atoms with van der Waals surface area (Å²) in [6.07, 6.45) is 3.44. The van der Waals surface area contributed by atoms with Crippen molar-refractivity contribution in [1.82, 2.24) is 30.3 Å². The first-order chi connectivity index (χ1) is 14.9. The molecule has 1 aliphatic heterocycles. The van der Waals surface area contributed by atoms with Gasteiger partial charge in [-0.3, -0.25) is 14.7 Å². The van der Waals surface area contributed by atoms with Crippen LogP contribution in [0, 0.1) is 13.8 Å². The Balaban J connectivity index is 0.000000858. The quantitative estimate of drug-likeness (QED) is 0.542. The number of benzene rings is 1. The summed E-state index contributed by atoms with van der Waals surface area (Å²) < 4.78 is 0. The average Bonchev–Trinajstić information content (AvgIpc) is 3.22. The molecule has 0 bridgehead atoms. The normalized spacial score (nSPS) is 13.9. The molecule has 31 heavy (non-hydrogen) atoms. The number of hydrogen-bond donors (Lipinski definition) is 3. The van der Waals surface area contributed by atoms with Crippen LogP contribution in [0.15, 0.2) is 30.5 Å². The zero-order chi connectivity index (χ0) is 22.4. The molecule has 0 radical (unpaired) electrons. The average molecular weight is 423 g/mol. The van der Waals surface area contributed by atoms with Crippen molar-refractivity contribution in [2.24, 2.45) is 0 Å². The minimum absolute atomic E-state index is 0.0501. The second-order valence-electron chi connectivity index (χ2n) is 7.33. The third-order valence-corrected chi connectivity index (χ3v) is 5.45. The molecule has 1 fully saturated rings. The Labute approximate surface area is 179 Å². The summed E-state index contributed by atoms with van der Waals surface area (Å²) >= 11 is 0. The number of aromatic amines is 1. The molecule has 10 nitrogen and oxygen atoms in total. The van der Waals surface area contributed by atoms with Crippen LogP contribution < -0.4 is 5.73 Å². The Morgan fingerprint density at radius 3 is 2.45 bits per heavy atom. The van der Waals surface area contributed by atoms with Crippen LogP contribution in [0.4, 0.5) is 5.95 Å². The van der Waals surface area contributed by atoms with Gasteiger partial charge in [0.2, 0.25) is 5.95 Å². The maximum Gasteiger partial charge on any atom is 0.290 e. The van der Waals surface area contributed by atoms with E-state index in [1.165, 1.54) is 0 Å². The first-order valence-corrected chi connectivity index (χ1v) is 9.88. The second kappa shape index (κ2) is 9.79. The van der Waals surface area contributed by atoms with E-state index in [-0.39, 0.29) is 24.2 Å². The van der Waals surface area contributed by atoms with Crippen LogP contribution in [0.3, 0.4) is 0 Å². The second-order valence-corrected chi connectivity index (χ2v) is 7.33. The van der Waals surface area contributed by atoms with Gasteiger partial charge in [0.15, 0.2) is 0 Å². The lowest BCUT2D eigenvalue weighted by Gasteiger charge is -2.31. The Hall–Kier alpha value is -3.82. The van der Waals surface area contributed by atoms with E-state index in [2.05, 4.69) is 25.4 Å². The smallest absolute Gasteiger partial charge is 0.290 e. The summed E-state index contributed by atoms with van der Waals surface area (Å²) in [5.74, 6) is 1.39. The first kappa shape index (κ1) is 21.9. The van der Waals surface area contributed by atoms with Gasteiger partial charge in [-0.2, -0.15) is 15.2 Å². The number of likely N-dealkylation sites (tertiary alicyclic amines) is 1. The van der Waals surface area contributed by atoms with Crippen LogP contribution in [-0.4, -0.2) is 60.9 Å². The zero-order valence-corrected chi connectivity index (χ0v) is 17.4. The van der Waals surface area contributed by atoms with E-state index < -0.39 is 0 Å². The molecule has 1 saturated heterocycles. The van der Waals surface area contributed by atoms with Crippen LogP contribution in [-0.2, 0) is 4.79 Å². The summed E-state index contributed by atoms with van der Waals surface area (Å²) in [6, 6.07) is 7.61. The minimum Gasteiger partial charge on any atom is -0.483 e. The number of nitrogen functional groups attached to an aromatic ring is 1. The maximum atomic E-state index is 12.9. The van der Waals surface area contributed by atoms with Gasteiger partial charge < -0.3 is 15.7 Å². The van der Waals surface area contributed by atoms with Crippen molar-refractivity contribution in [2.45, 2.75) is 32.6 Å². The molecular formula is C21H25N7O3. The highest BCUT2D eigenvalue weighted by atomic mass is 16.3. The summed E-state index contributed by atoms with van der Waals surface area (Å²) in [4.78, 5) is 27.3. The molecule has 162 valence electrons. The lowest BCUT2D eigenvalue weighted by Crippen LogP contribution is -2.38. The molecule has 0 aliphatic carbocycles. The summed E-state index contributed by atoms with van der Waals surface area (Å²) in [6.45, 7) is 5.18. The molecular weight excluding hydrogens is 398 g/mol. The number of anilines is 1. The molecule has 0 unspecified atom stereocenters. The van der Waals surface area contributed by atoms with Gasteiger partial charge in [-0.05, 0) is 49.9 Å². The third-order valence-electron chi connectivity index (χ3n) is 5.45. The topological polar surface area (TPSA) is 151 Å². The highest BCUT2D eigenvalue weighted by molar-refractivity contribution is 5.94. The molecule has 3 aromatic rings. The van der Waals surface area contributed by atoms with Crippen molar-refractivity contribution in [2.75, 3.05) is 18.8 Å². The summed E-state index contributed by atoms with van der Waals surface area (Å²) in [5, 5.41) is 21.9. The fraction of sp³-hybridized carbons (Fsp3) is 0.333. The number of aromatic nitrogens is 5. The van der Waals surface area contributed by atoms with Crippen LogP contribution >= 0.6 is 0 Å². The van der Waals surface area contributed by atoms with Gasteiger partial charge in [0.05, 0.1) is 11.9 Å². The SMILES string of the molecule is Cc1cnnc(-c2ccc(C(=O)N3CCC(c4nc(N)n[nH]4)CC3)cc2)c1C.O=CO. The zero-order valence-electron chi connectivity index (χ0n) is 17.4. The fourth-order valence-corrected chi connectivity index (χ4v) is 3.59. The molecule has 10 heteroatoms. The van der Waals surface area contributed by atoms with Crippen molar-refractivity contribution < 1.29 is 14.7 Å². The number of carboxylic acid groups (broad SMARTS) is 1. The number of carbonyl (C=O) groups excluding carboxylic acids is 1. The molecule has 3 heterocycles. The Morgan fingerprint density at radius 1 is 1.23 bits per heavy atom. The van der Waals surface area contributed by atoms with Gasteiger partial charge in [0.1, 0.15) is 5.82 Å². The molecule has 4 rings (SSSR count). The third kappa shape index (κ3) is 5.03. The van der Waals surface area contributed by atoms with Gasteiger partial charge in [-0.25, -0.2) is 0 Å². The number of nitrogens with one attached hydrogen (secondary N) is 1. The number of amides is 1. The molecule has 1 aromatic carbocycles. The summed E-state index contributed by atoms with van der Waals surface area (Å²) in [7, 11) is 0. The highest BCUT2D eigenvalue weighted by Gasteiger charge is 2.26. The van der Waals surface area contributed by atoms with E-state index in [4.69, 9.17) is 15.6 Å². The van der Waals surface area contributed by atoms with Gasteiger partial charge in [0, 0.05) is 30.1 Å². The van der Waals surface area contributed by atoms with Crippen LogP contribution in [0.25, 0.3) is 11.3 Å². The first-order valence-electron chi connectivity index (χ1n) is 9.88. The predicted octanol–water partition coefficient (Wildman–Crippen LogP) is 2.18.